The molecule has 2 aliphatic heterocycles. The van der Waals surface area contributed by atoms with Crippen LogP contribution >= 0.6 is 0 Å². The zero-order valence-corrected chi connectivity index (χ0v) is 9.87. The van der Waals surface area contributed by atoms with Crippen LogP contribution in [0.3, 0.4) is 0 Å². The summed E-state index contributed by atoms with van der Waals surface area (Å²) in [5.41, 5.74) is 0. The van der Waals surface area contributed by atoms with Crippen molar-refractivity contribution in [3.8, 4) is 0 Å². The number of piperidine rings is 1. The molecule has 0 bridgehead atoms. The smallest absolute Gasteiger partial charge is 0.0480 e. The first-order chi connectivity index (χ1) is 7.36. The molecule has 0 saturated carbocycles. The minimum atomic E-state index is 0.772. The average Bonchev–Trinajstić information content (AvgIpc) is 2.31. The summed E-state index contributed by atoms with van der Waals surface area (Å²) in [4.78, 5) is 2.57. The minimum absolute atomic E-state index is 0.772. The summed E-state index contributed by atoms with van der Waals surface area (Å²) in [6.45, 7) is 5.63. The largest absolute Gasteiger partial charge is 0.381 e. The Bertz CT molecular complexity index is 174. The molecule has 1 N–H and O–H groups in total. The first-order valence-electron chi connectivity index (χ1n) is 6.35. The summed E-state index contributed by atoms with van der Waals surface area (Å²) < 4.78 is 5.40. The van der Waals surface area contributed by atoms with Crippen LogP contribution in [0.5, 0.6) is 0 Å². The lowest BCUT2D eigenvalue weighted by Gasteiger charge is -2.35. The van der Waals surface area contributed by atoms with Gasteiger partial charge in [0.25, 0.3) is 0 Å². The van der Waals surface area contributed by atoms with Gasteiger partial charge < -0.3 is 15.0 Å². The van der Waals surface area contributed by atoms with E-state index in [0.29, 0.717) is 0 Å². The van der Waals surface area contributed by atoms with Gasteiger partial charge in [0, 0.05) is 25.8 Å². The normalized spacial score (nSPS) is 26.0. The zero-order chi connectivity index (χ0) is 10.5. The molecule has 88 valence electrons. The molecule has 0 atom stereocenters. The van der Waals surface area contributed by atoms with E-state index in [1.54, 1.807) is 0 Å². The molecule has 0 aromatic rings. The molecule has 15 heavy (non-hydrogen) atoms. The topological polar surface area (TPSA) is 24.5 Å². The summed E-state index contributed by atoms with van der Waals surface area (Å²) in [6.07, 6.45) is 5.16. The number of nitrogens with one attached hydrogen (secondary N) is 1. The quantitative estimate of drug-likeness (QED) is 0.758. The fraction of sp³-hybridized carbons (Fsp3) is 1.00. The second-order valence-corrected chi connectivity index (χ2v) is 4.98. The predicted octanol–water partition coefficient (Wildman–Crippen LogP) is 1.10. The van der Waals surface area contributed by atoms with Crippen molar-refractivity contribution in [2.24, 2.45) is 5.92 Å². The lowest BCUT2D eigenvalue weighted by atomic mass is 9.96. The third-order valence-electron chi connectivity index (χ3n) is 3.82. The molecule has 0 spiro atoms. The Morgan fingerprint density at radius 3 is 2.47 bits per heavy atom. The first-order valence-corrected chi connectivity index (χ1v) is 6.35. The number of rotatable bonds is 3. The lowest BCUT2D eigenvalue weighted by Crippen LogP contribution is -2.41. The summed E-state index contributed by atoms with van der Waals surface area (Å²) in [7, 11) is 2.29. The van der Waals surface area contributed by atoms with Crippen molar-refractivity contribution in [2.75, 3.05) is 39.9 Å². The van der Waals surface area contributed by atoms with Crippen LogP contribution in [0.2, 0.25) is 0 Å². The second-order valence-electron chi connectivity index (χ2n) is 4.98. The van der Waals surface area contributed by atoms with Crippen molar-refractivity contribution in [3.63, 3.8) is 0 Å². The summed E-state index contributed by atoms with van der Waals surface area (Å²) in [5.74, 6) is 0.916. The molecule has 0 amide bonds. The Kier molecular flexibility index (Phi) is 4.42. The van der Waals surface area contributed by atoms with Gasteiger partial charge in [-0.1, -0.05) is 0 Å². The molecule has 2 rings (SSSR count). The Morgan fingerprint density at radius 1 is 1.13 bits per heavy atom. The monoisotopic (exact) mass is 212 g/mol. The second kappa shape index (κ2) is 5.83. The number of hydrogen-bond acceptors (Lipinski definition) is 3. The van der Waals surface area contributed by atoms with Crippen molar-refractivity contribution in [3.05, 3.63) is 0 Å². The van der Waals surface area contributed by atoms with E-state index in [-0.39, 0.29) is 0 Å². The van der Waals surface area contributed by atoms with Gasteiger partial charge >= 0.3 is 0 Å². The van der Waals surface area contributed by atoms with Gasteiger partial charge in [-0.3, -0.25) is 0 Å². The molecular weight excluding hydrogens is 188 g/mol. The molecule has 3 nitrogen and oxygen atoms in total. The van der Waals surface area contributed by atoms with Gasteiger partial charge in [-0.05, 0) is 51.7 Å². The Balaban J connectivity index is 1.72. The SMILES string of the molecule is CN(CC1CCNCC1)C1CCOCC1. The minimum Gasteiger partial charge on any atom is -0.381 e. The molecule has 0 aromatic carbocycles. The van der Waals surface area contributed by atoms with E-state index in [2.05, 4.69) is 17.3 Å². The van der Waals surface area contributed by atoms with Crippen molar-refractivity contribution in [1.82, 2.24) is 10.2 Å². The van der Waals surface area contributed by atoms with Crippen LogP contribution in [0.15, 0.2) is 0 Å². The van der Waals surface area contributed by atoms with Crippen LogP contribution in [0.1, 0.15) is 25.7 Å². The maximum absolute atomic E-state index is 5.40. The average molecular weight is 212 g/mol. The number of nitrogens with zero attached hydrogens (tertiary/aromatic N) is 1. The van der Waals surface area contributed by atoms with E-state index in [4.69, 9.17) is 4.74 Å². The molecule has 0 aliphatic carbocycles. The van der Waals surface area contributed by atoms with Crippen molar-refractivity contribution in [1.29, 1.82) is 0 Å². The van der Waals surface area contributed by atoms with E-state index in [9.17, 15) is 0 Å². The van der Waals surface area contributed by atoms with Crippen molar-refractivity contribution < 1.29 is 4.74 Å². The van der Waals surface area contributed by atoms with E-state index < -0.39 is 0 Å². The Hall–Kier alpha value is -0.120. The fourth-order valence-corrected chi connectivity index (χ4v) is 2.75. The summed E-state index contributed by atoms with van der Waals surface area (Å²) in [5, 5.41) is 3.43. The first kappa shape index (κ1) is 11.4. The predicted molar refractivity (Wildman–Crippen MR) is 62.1 cm³/mol. The molecule has 2 saturated heterocycles. The lowest BCUT2D eigenvalue weighted by molar-refractivity contribution is 0.0366. The highest BCUT2D eigenvalue weighted by molar-refractivity contribution is 4.77. The molecule has 2 fully saturated rings. The molecule has 0 radical (unpaired) electrons. The third-order valence-corrected chi connectivity index (χ3v) is 3.82. The molecule has 0 unspecified atom stereocenters. The maximum Gasteiger partial charge on any atom is 0.0480 e. The van der Waals surface area contributed by atoms with Crippen molar-refractivity contribution in [2.45, 2.75) is 31.7 Å². The van der Waals surface area contributed by atoms with Gasteiger partial charge in [0.1, 0.15) is 0 Å². The third kappa shape index (κ3) is 3.44. The highest BCUT2D eigenvalue weighted by Crippen LogP contribution is 2.18. The fourth-order valence-electron chi connectivity index (χ4n) is 2.75. The molecule has 2 aliphatic rings. The molecule has 0 aromatic heterocycles. The number of ether oxygens (including phenoxy) is 1. The van der Waals surface area contributed by atoms with Gasteiger partial charge in [-0.25, -0.2) is 0 Å². The van der Waals surface area contributed by atoms with Gasteiger partial charge in [0.15, 0.2) is 0 Å². The molecular formula is C12H24N2O. The highest BCUT2D eigenvalue weighted by Gasteiger charge is 2.22. The van der Waals surface area contributed by atoms with Crippen LogP contribution in [0.4, 0.5) is 0 Å². The maximum atomic E-state index is 5.40. The molecule has 3 heteroatoms. The summed E-state index contributed by atoms with van der Waals surface area (Å²) in [6, 6.07) is 0.772. The highest BCUT2D eigenvalue weighted by atomic mass is 16.5. The van der Waals surface area contributed by atoms with E-state index in [0.717, 1.165) is 25.2 Å². The standard InChI is InChI=1S/C12H24N2O/c1-14(12-4-8-15-9-5-12)10-11-2-6-13-7-3-11/h11-13H,2-10H2,1H3. The van der Waals surface area contributed by atoms with Crippen LogP contribution in [-0.2, 0) is 4.74 Å². The Labute approximate surface area is 93.2 Å². The van der Waals surface area contributed by atoms with Gasteiger partial charge in [-0.15, -0.1) is 0 Å². The van der Waals surface area contributed by atoms with Crippen LogP contribution in [-0.4, -0.2) is 50.8 Å². The van der Waals surface area contributed by atoms with Gasteiger partial charge in [0.2, 0.25) is 0 Å². The van der Waals surface area contributed by atoms with Crippen molar-refractivity contribution >= 4 is 0 Å². The Morgan fingerprint density at radius 2 is 1.80 bits per heavy atom. The van der Waals surface area contributed by atoms with E-state index >= 15 is 0 Å². The van der Waals surface area contributed by atoms with Gasteiger partial charge in [-0.2, -0.15) is 0 Å². The van der Waals surface area contributed by atoms with Gasteiger partial charge in [0.05, 0.1) is 0 Å². The molecule has 2 heterocycles. The number of hydrogen-bond donors (Lipinski definition) is 1. The van der Waals surface area contributed by atoms with Crippen LogP contribution in [0, 0.1) is 5.92 Å². The van der Waals surface area contributed by atoms with Crippen LogP contribution in [0.25, 0.3) is 0 Å². The zero-order valence-electron chi connectivity index (χ0n) is 9.87. The summed E-state index contributed by atoms with van der Waals surface area (Å²) >= 11 is 0. The van der Waals surface area contributed by atoms with E-state index in [1.807, 2.05) is 0 Å². The van der Waals surface area contributed by atoms with Crippen LogP contribution < -0.4 is 5.32 Å². The van der Waals surface area contributed by atoms with E-state index in [1.165, 1.54) is 45.3 Å².